The highest BCUT2D eigenvalue weighted by Crippen LogP contribution is 2.28. The van der Waals surface area contributed by atoms with Crippen molar-refractivity contribution in [1.29, 1.82) is 0 Å². The summed E-state index contributed by atoms with van der Waals surface area (Å²) in [6.07, 6.45) is 0. The molecule has 0 atom stereocenters. The summed E-state index contributed by atoms with van der Waals surface area (Å²) >= 11 is 9.01. The minimum Gasteiger partial charge on any atom is -0.330 e. The molecule has 0 aliphatic carbocycles. The van der Waals surface area contributed by atoms with Crippen LogP contribution in [0.4, 0.5) is 0 Å². The number of aromatic nitrogens is 2. The van der Waals surface area contributed by atoms with Gasteiger partial charge in [0.05, 0.1) is 16.7 Å². The number of benzene rings is 2. The van der Waals surface area contributed by atoms with E-state index in [4.69, 9.17) is 12.2 Å². The Morgan fingerprint density at radius 2 is 1.90 bits per heavy atom. The van der Waals surface area contributed by atoms with Crippen LogP contribution in [0.15, 0.2) is 46.9 Å². The van der Waals surface area contributed by atoms with E-state index in [0.717, 1.165) is 26.0 Å². The van der Waals surface area contributed by atoms with Crippen molar-refractivity contribution in [2.45, 2.75) is 19.8 Å². The second-order valence-electron chi connectivity index (χ2n) is 5.14. The van der Waals surface area contributed by atoms with Crippen LogP contribution < -0.4 is 0 Å². The van der Waals surface area contributed by atoms with Gasteiger partial charge in [0, 0.05) is 4.47 Å². The van der Waals surface area contributed by atoms with Gasteiger partial charge in [0.25, 0.3) is 0 Å². The van der Waals surface area contributed by atoms with Crippen molar-refractivity contribution in [3.8, 4) is 5.69 Å². The fourth-order valence-corrected chi connectivity index (χ4v) is 3.17. The molecule has 0 spiro atoms. The lowest BCUT2D eigenvalue weighted by Gasteiger charge is -2.14. The predicted molar refractivity (Wildman–Crippen MR) is 90.2 cm³/mol. The molecule has 0 aliphatic rings. The summed E-state index contributed by atoms with van der Waals surface area (Å²) < 4.78 is 3.89. The maximum atomic E-state index is 5.52. The first-order valence-electron chi connectivity index (χ1n) is 6.57. The summed E-state index contributed by atoms with van der Waals surface area (Å²) in [5, 5.41) is 0. The molecular weight excluding hydrogens is 332 g/mol. The number of H-pyrrole nitrogens is 1. The second kappa shape index (κ2) is 5.19. The topological polar surface area (TPSA) is 20.7 Å². The van der Waals surface area contributed by atoms with Gasteiger partial charge in [0.15, 0.2) is 4.77 Å². The summed E-state index contributed by atoms with van der Waals surface area (Å²) in [6, 6.07) is 14.6. The van der Waals surface area contributed by atoms with E-state index in [-0.39, 0.29) is 0 Å². The van der Waals surface area contributed by atoms with Gasteiger partial charge in [-0.1, -0.05) is 48.0 Å². The third-order valence-corrected chi connectivity index (χ3v) is 4.22. The van der Waals surface area contributed by atoms with E-state index in [1.165, 1.54) is 5.56 Å². The molecule has 0 bridgehead atoms. The Labute approximate surface area is 131 Å². The number of halogens is 1. The van der Waals surface area contributed by atoms with Crippen molar-refractivity contribution < 1.29 is 0 Å². The van der Waals surface area contributed by atoms with Gasteiger partial charge in [0.2, 0.25) is 0 Å². The van der Waals surface area contributed by atoms with Crippen LogP contribution in [0.1, 0.15) is 25.3 Å². The quantitative estimate of drug-likeness (QED) is 0.601. The Kier molecular flexibility index (Phi) is 3.52. The van der Waals surface area contributed by atoms with Crippen molar-refractivity contribution in [2.75, 3.05) is 0 Å². The third-order valence-electron chi connectivity index (χ3n) is 3.44. The molecule has 0 unspecified atom stereocenters. The van der Waals surface area contributed by atoms with E-state index < -0.39 is 0 Å². The minimum atomic E-state index is 0.452. The molecule has 0 radical (unpaired) electrons. The number of nitrogens with one attached hydrogen (secondary N) is 1. The molecule has 20 heavy (non-hydrogen) atoms. The van der Waals surface area contributed by atoms with E-state index in [9.17, 15) is 0 Å². The first-order chi connectivity index (χ1) is 9.58. The zero-order valence-corrected chi connectivity index (χ0v) is 13.8. The number of imidazole rings is 1. The maximum Gasteiger partial charge on any atom is 0.182 e. The van der Waals surface area contributed by atoms with E-state index in [0.29, 0.717) is 5.92 Å². The molecule has 0 fully saturated rings. The van der Waals surface area contributed by atoms with E-state index in [1.807, 2.05) is 6.07 Å². The summed E-state index contributed by atoms with van der Waals surface area (Å²) in [5.74, 6) is 0.452. The SMILES string of the molecule is CC(C)c1ccccc1-n1c(=S)[nH]c2cc(Br)ccc21. The van der Waals surface area contributed by atoms with Crippen LogP contribution in [0.2, 0.25) is 0 Å². The zero-order valence-electron chi connectivity index (χ0n) is 11.4. The number of rotatable bonds is 2. The number of fused-ring (bicyclic) bond motifs is 1. The summed E-state index contributed by atoms with van der Waals surface area (Å²) in [4.78, 5) is 3.28. The third kappa shape index (κ3) is 2.23. The van der Waals surface area contributed by atoms with E-state index in [1.54, 1.807) is 0 Å². The van der Waals surface area contributed by atoms with Gasteiger partial charge >= 0.3 is 0 Å². The van der Waals surface area contributed by atoms with Gasteiger partial charge in [-0.15, -0.1) is 0 Å². The molecule has 0 saturated carbocycles. The average Bonchev–Trinajstić information content (AvgIpc) is 2.73. The first-order valence-corrected chi connectivity index (χ1v) is 7.77. The van der Waals surface area contributed by atoms with Crippen molar-refractivity contribution >= 4 is 39.2 Å². The highest BCUT2D eigenvalue weighted by Gasteiger charge is 2.12. The molecule has 1 heterocycles. The van der Waals surface area contributed by atoms with Gasteiger partial charge in [-0.05, 0) is 48.0 Å². The maximum absolute atomic E-state index is 5.52. The van der Waals surface area contributed by atoms with Crippen molar-refractivity contribution in [3.05, 3.63) is 57.3 Å². The van der Waals surface area contributed by atoms with Crippen LogP contribution in [0.25, 0.3) is 16.7 Å². The minimum absolute atomic E-state index is 0.452. The molecule has 1 N–H and O–H groups in total. The van der Waals surface area contributed by atoms with Crippen molar-refractivity contribution in [3.63, 3.8) is 0 Å². The Morgan fingerprint density at radius 1 is 1.15 bits per heavy atom. The first kappa shape index (κ1) is 13.6. The summed E-state index contributed by atoms with van der Waals surface area (Å²) in [7, 11) is 0. The number of para-hydroxylation sites is 1. The Morgan fingerprint density at radius 3 is 2.65 bits per heavy atom. The molecule has 2 nitrogen and oxygen atoms in total. The van der Waals surface area contributed by atoms with E-state index in [2.05, 4.69) is 75.7 Å². The number of nitrogens with zero attached hydrogens (tertiary/aromatic N) is 1. The molecule has 0 aliphatic heterocycles. The fourth-order valence-electron chi connectivity index (χ4n) is 2.50. The standard InChI is InChI=1S/C16H15BrN2S/c1-10(2)12-5-3-4-6-14(12)19-15-8-7-11(17)9-13(15)18-16(19)20/h3-10H,1-2H3,(H,18,20). The molecule has 1 aromatic heterocycles. The predicted octanol–water partition coefficient (Wildman–Crippen LogP) is 5.57. The van der Waals surface area contributed by atoms with Gasteiger partial charge in [-0.25, -0.2) is 0 Å². The van der Waals surface area contributed by atoms with Crippen LogP contribution in [0.3, 0.4) is 0 Å². The molecule has 2 aromatic carbocycles. The van der Waals surface area contributed by atoms with Crippen LogP contribution in [0, 0.1) is 4.77 Å². The van der Waals surface area contributed by atoms with Crippen molar-refractivity contribution in [2.24, 2.45) is 0 Å². The normalized spacial score (nSPS) is 11.4. The smallest absolute Gasteiger partial charge is 0.182 e. The van der Waals surface area contributed by atoms with Crippen LogP contribution >= 0.6 is 28.1 Å². The van der Waals surface area contributed by atoms with Gasteiger partial charge in [-0.2, -0.15) is 0 Å². The van der Waals surface area contributed by atoms with Crippen molar-refractivity contribution in [1.82, 2.24) is 9.55 Å². The van der Waals surface area contributed by atoms with E-state index >= 15 is 0 Å². The number of hydrogen-bond donors (Lipinski definition) is 1. The van der Waals surface area contributed by atoms with Crippen LogP contribution in [-0.2, 0) is 0 Å². The Balaban J connectivity index is 2.36. The lowest BCUT2D eigenvalue weighted by molar-refractivity contribution is 0.848. The second-order valence-corrected chi connectivity index (χ2v) is 6.44. The number of hydrogen-bond acceptors (Lipinski definition) is 1. The summed E-state index contributed by atoms with van der Waals surface area (Å²) in [6.45, 7) is 4.40. The lowest BCUT2D eigenvalue weighted by Crippen LogP contribution is -2.01. The largest absolute Gasteiger partial charge is 0.330 e. The molecular formula is C16H15BrN2S. The van der Waals surface area contributed by atoms with Gasteiger partial charge in [-0.3, -0.25) is 4.57 Å². The molecule has 0 saturated heterocycles. The molecule has 3 aromatic rings. The molecule has 4 heteroatoms. The monoisotopic (exact) mass is 346 g/mol. The average molecular weight is 347 g/mol. The lowest BCUT2D eigenvalue weighted by atomic mass is 10.0. The van der Waals surface area contributed by atoms with Crippen LogP contribution in [0.5, 0.6) is 0 Å². The number of aromatic amines is 1. The van der Waals surface area contributed by atoms with Crippen LogP contribution in [-0.4, -0.2) is 9.55 Å². The molecule has 0 amide bonds. The fraction of sp³-hybridized carbons (Fsp3) is 0.188. The highest BCUT2D eigenvalue weighted by atomic mass is 79.9. The highest BCUT2D eigenvalue weighted by molar-refractivity contribution is 9.10. The molecule has 3 rings (SSSR count). The summed E-state index contributed by atoms with van der Waals surface area (Å²) in [5.41, 5.74) is 4.60. The van der Waals surface area contributed by atoms with Gasteiger partial charge in [0.1, 0.15) is 0 Å². The van der Waals surface area contributed by atoms with Gasteiger partial charge < -0.3 is 4.98 Å². The Bertz CT molecular complexity index is 830. The Hall–Kier alpha value is -1.39. The molecule has 102 valence electrons. The zero-order chi connectivity index (χ0) is 14.3.